The van der Waals surface area contributed by atoms with Crippen LogP contribution in [0.1, 0.15) is 36.9 Å². The summed E-state index contributed by atoms with van der Waals surface area (Å²) in [4.78, 5) is 0. The van der Waals surface area contributed by atoms with Crippen molar-refractivity contribution in [2.75, 3.05) is 5.32 Å². The predicted molar refractivity (Wildman–Crippen MR) is 88.9 cm³/mol. The molecule has 2 rings (SSSR count). The van der Waals surface area contributed by atoms with Crippen molar-refractivity contribution in [1.29, 1.82) is 0 Å². The van der Waals surface area contributed by atoms with E-state index in [-0.39, 0.29) is 6.04 Å². The summed E-state index contributed by atoms with van der Waals surface area (Å²) >= 11 is 12.1. The molecule has 2 aromatic carbocycles. The molecule has 1 nitrogen and oxygen atoms in total. The molecule has 0 aromatic heterocycles. The minimum absolute atomic E-state index is 0.274. The third-order valence-electron chi connectivity index (χ3n) is 3.36. The van der Waals surface area contributed by atoms with Gasteiger partial charge in [-0.05, 0) is 48.7 Å². The maximum absolute atomic E-state index is 6.18. The van der Waals surface area contributed by atoms with E-state index in [1.165, 1.54) is 5.56 Å². The molecule has 0 radical (unpaired) electrons. The van der Waals surface area contributed by atoms with E-state index in [0.29, 0.717) is 0 Å². The van der Waals surface area contributed by atoms with Gasteiger partial charge in [0.1, 0.15) is 0 Å². The largest absolute Gasteiger partial charge is 0.378 e. The van der Waals surface area contributed by atoms with E-state index < -0.39 is 0 Å². The quantitative estimate of drug-likeness (QED) is 0.688. The first-order valence-corrected chi connectivity index (χ1v) is 7.64. The van der Waals surface area contributed by atoms with Gasteiger partial charge in [-0.25, -0.2) is 0 Å². The topological polar surface area (TPSA) is 12.0 Å². The molecule has 0 spiro atoms. The molecule has 2 aromatic rings. The summed E-state index contributed by atoms with van der Waals surface area (Å²) < 4.78 is 0. The Morgan fingerprint density at radius 3 is 2.35 bits per heavy atom. The lowest BCUT2D eigenvalue weighted by Crippen LogP contribution is -2.10. The van der Waals surface area contributed by atoms with E-state index in [9.17, 15) is 0 Å². The second-order valence-electron chi connectivity index (χ2n) is 5.00. The number of hydrogen-bond donors (Lipinski definition) is 1. The molecule has 0 saturated carbocycles. The van der Waals surface area contributed by atoms with Gasteiger partial charge in [-0.1, -0.05) is 54.7 Å². The molecule has 1 N–H and O–H groups in total. The maximum Gasteiger partial charge on any atom is 0.0513 e. The van der Waals surface area contributed by atoms with Crippen molar-refractivity contribution in [3.05, 3.63) is 63.6 Å². The fourth-order valence-electron chi connectivity index (χ4n) is 2.19. The lowest BCUT2D eigenvalue weighted by Gasteiger charge is -2.20. The van der Waals surface area contributed by atoms with Crippen molar-refractivity contribution < 1.29 is 0 Å². The van der Waals surface area contributed by atoms with Crippen LogP contribution < -0.4 is 5.32 Å². The number of nitrogens with one attached hydrogen (secondary N) is 1. The molecule has 3 heteroatoms. The Labute approximate surface area is 130 Å². The Morgan fingerprint density at radius 2 is 1.75 bits per heavy atom. The highest BCUT2D eigenvalue weighted by atomic mass is 35.5. The van der Waals surface area contributed by atoms with Gasteiger partial charge in [-0.2, -0.15) is 0 Å². The van der Waals surface area contributed by atoms with Crippen LogP contribution in [0.5, 0.6) is 0 Å². The SMILES string of the molecule is CCCC(Nc1ccc(C)c(Cl)c1)c1ccc(Cl)cc1. The molecular weight excluding hydrogens is 289 g/mol. The molecule has 1 atom stereocenters. The molecule has 0 aliphatic heterocycles. The smallest absolute Gasteiger partial charge is 0.0513 e. The van der Waals surface area contributed by atoms with Crippen LogP contribution in [0.4, 0.5) is 5.69 Å². The van der Waals surface area contributed by atoms with Crippen LogP contribution in [0.15, 0.2) is 42.5 Å². The van der Waals surface area contributed by atoms with Gasteiger partial charge in [0, 0.05) is 15.7 Å². The first kappa shape index (κ1) is 15.2. The standard InChI is InChI=1S/C17H19Cl2N/c1-3-4-17(13-6-8-14(18)9-7-13)20-15-10-5-12(2)16(19)11-15/h5-11,17,20H,3-4H2,1-2H3. The molecule has 0 bridgehead atoms. The normalized spacial score (nSPS) is 12.2. The zero-order valence-electron chi connectivity index (χ0n) is 11.8. The summed E-state index contributed by atoms with van der Waals surface area (Å²) in [5.41, 5.74) is 3.39. The second-order valence-corrected chi connectivity index (χ2v) is 5.84. The van der Waals surface area contributed by atoms with Gasteiger partial charge in [0.2, 0.25) is 0 Å². The van der Waals surface area contributed by atoms with Gasteiger partial charge >= 0.3 is 0 Å². The zero-order valence-corrected chi connectivity index (χ0v) is 13.3. The molecule has 0 saturated heterocycles. The molecule has 0 aliphatic rings. The van der Waals surface area contributed by atoms with E-state index in [2.05, 4.69) is 30.4 Å². The number of aryl methyl sites for hydroxylation is 1. The lowest BCUT2D eigenvalue weighted by atomic mass is 10.0. The fourth-order valence-corrected chi connectivity index (χ4v) is 2.50. The van der Waals surface area contributed by atoms with Gasteiger partial charge < -0.3 is 5.32 Å². The van der Waals surface area contributed by atoms with Crippen LogP contribution in [0.25, 0.3) is 0 Å². The molecule has 0 fully saturated rings. The molecule has 1 unspecified atom stereocenters. The van der Waals surface area contributed by atoms with Crippen molar-refractivity contribution in [3.63, 3.8) is 0 Å². The van der Waals surface area contributed by atoms with Crippen molar-refractivity contribution >= 4 is 28.9 Å². The Kier molecular flexibility index (Phi) is 5.33. The van der Waals surface area contributed by atoms with E-state index in [0.717, 1.165) is 34.1 Å². The third kappa shape index (κ3) is 3.91. The monoisotopic (exact) mass is 307 g/mol. The third-order valence-corrected chi connectivity index (χ3v) is 4.02. The maximum atomic E-state index is 6.18. The number of rotatable bonds is 5. The van der Waals surface area contributed by atoms with Gasteiger partial charge in [0.05, 0.1) is 6.04 Å². The van der Waals surface area contributed by atoms with Crippen LogP contribution in [-0.2, 0) is 0 Å². The second kappa shape index (κ2) is 7.01. The first-order chi connectivity index (χ1) is 9.60. The average Bonchev–Trinajstić information content (AvgIpc) is 2.43. The molecule has 106 valence electrons. The van der Waals surface area contributed by atoms with Crippen molar-refractivity contribution in [1.82, 2.24) is 0 Å². The minimum atomic E-state index is 0.274. The Morgan fingerprint density at radius 1 is 1.05 bits per heavy atom. The van der Waals surface area contributed by atoms with Crippen LogP contribution >= 0.6 is 23.2 Å². The summed E-state index contributed by atoms with van der Waals surface area (Å²) in [7, 11) is 0. The van der Waals surface area contributed by atoms with Crippen LogP contribution in [0.3, 0.4) is 0 Å². The van der Waals surface area contributed by atoms with Crippen LogP contribution in [0, 0.1) is 6.92 Å². The summed E-state index contributed by atoms with van der Waals surface area (Å²) in [6.45, 7) is 4.20. The summed E-state index contributed by atoms with van der Waals surface area (Å²) in [6.07, 6.45) is 2.17. The summed E-state index contributed by atoms with van der Waals surface area (Å²) in [5.74, 6) is 0. The number of halogens is 2. The summed E-state index contributed by atoms with van der Waals surface area (Å²) in [6, 6.07) is 14.4. The van der Waals surface area contributed by atoms with Crippen molar-refractivity contribution in [2.45, 2.75) is 32.7 Å². The molecule has 0 aliphatic carbocycles. The average molecular weight is 308 g/mol. The zero-order chi connectivity index (χ0) is 14.5. The van der Waals surface area contributed by atoms with E-state index in [1.807, 2.05) is 31.2 Å². The molecule has 20 heavy (non-hydrogen) atoms. The predicted octanol–water partition coefficient (Wildman–Crippen LogP) is 6.26. The van der Waals surface area contributed by atoms with Crippen molar-refractivity contribution in [2.24, 2.45) is 0 Å². The van der Waals surface area contributed by atoms with E-state index in [1.54, 1.807) is 0 Å². The Hall–Kier alpha value is -1.18. The van der Waals surface area contributed by atoms with Gasteiger partial charge in [0.15, 0.2) is 0 Å². The van der Waals surface area contributed by atoms with Crippen molar-refractivity contribution in [3.8, 4) is 0 Å². The van der Waals surface area contributed by atoms with Gasteiger partial charge in [0.25, 0.3) is 0 Å². The molecule has 0 amide bonds. The number of hydrogen-bond acceptors (Lipinski definition) is 1. The Bertz CT molecular complexity index is 564. The Balaban J connectivity index is 2.20. The number of benzene rings is 2. The molecular formula is C17H19Cl2N. The minimum Gasteiger partial charge on any atom is -0.378 e. The van der Waals surface area contributed by atoms with Gasteiger partial charge in [-0.15, -0.1) is 0 Å². The van der Waals surface area contributed by atoms with E-state index >= 15 is 0 Å². The van der Waals surface area contributed by atoms with E-state index in [4.69, 9.17) is 23.2 Å². The highest BCUT2D eigenvalue weighted by molar-refractivity contribution is 6.31. The first-order valence-electron chi connectivity index (χ1n) is 6.88. The number of anilines is 1. The molecule has 0 heterocycles. The van der Waals surface area contributed by atoms with Gasteiger partial charge in [-0.3, -0.25) is 0 Å². The highest BCUT2D eigenvalue weighted by Gasteiger charge is 2.11. The van der Waals surface area contributed by atoms with Crippen LogP contribution in [0.2, 0.25) is 10.0 Å². The summed E-state index contributed by atoms with van der Waals surface area (Å²) in [5, 5.41) is 5.12. The fraction of sp³-hybridized carbons (Fsp3) is 0.294. The highest BCUT2D eigenvalue weighted by Crippen LogP contribution is 2.27. The van der Waals surface area contributed by atoms with Crippen LogP contribution in [-0.4, -0.2) is 0 Å². The lowest BCUT2D eigenvalue weighted by molar-refractivity contribution is 0.677.